The van der Waals surface area contributed by atoms with Crippen LogP contribution < -0.4 is 14.8 Å². The fourth-order valence-electron chi connectivity index (χ4n) is 2.54. The molecule has 110 valence electrons. The fourth-order valence-corrected chi connectivity index (χ4v) is 5.49. The van der Waals surface area contributed by atoms with E-state index >= 15 is 0 Å². The Balaban J connectivity index is 2.05. The van der Waals surface area contributed by atoms with Gasteiger partial charge < -0.3 is 4.43 Å². The standard InChI is InChI=1S/C19H17ClOSi/c1-22(18-8-4-2-5-9-18,19-10-6-3-7-11-19)21-17-14-12-16(20)13-15-17/h2-15H,1H3. The Labute approximate surface area is 137 Å². The van der Waals surface area contributed by atoms with Crippen LogP contribution in [0.4, 0.5) is 0 Å². The Morgan fingerprint density at radius 1 is 0.682 bits per heavy atom. The number of halogens is 1. The zero-order valence-corrected chi connectivity index (χ0v) is 14.1. The molecule has 22 heavy (non-hydrogen) atoms. The highest BCUT2D eigenvalue weighted by Gasteiger charge is 2.35. The van der Waals surface area contributed by atoms with E-state index in [9.17, 15) is 0 Å². The summed E-state index contributed by atoms with van der Waals surface area (Å²) < 4.78 is 6.51. The lowest BCUT2D eigenvalue weighted by molar-refractivity contribution is 0.571. The van der Waals surface area contributed by atoms with Gasteiger partial charge in [-0.05, 0) is 41.2 Å². The topological polar surface area (TPSA) is 9.23 Å². The molecular formula is C19H17ClOSi. The molecule has 0 heterocycles. The molecule has 0 amide bonds. The maximum atomic E-state index is 6.51. The minimum absolute atomic E-state index is 0.718. The van der Waals surface area contributed by atoms with E-state index in [2.05, 4.69) is 55.1 Å². The second kappa shape index (κ2) is 6.38. The molecule has 0 spiro atoms. The van der Waals surface area contributed by atoms with E-state index in [-0.39, 0.29) is 0 Å². The summed E-state index contributed by atoms with van der Waals surface area (Å²) in [5.74, 6) is 0.853. The molecule has 0 bridgehead atoms. The molecule has 0 unspecified atom stereocenters. The minimum atomic E-state index is -2.30. The van der Waals surface area contributed by atoms with Gasteiger partial charge in [-0.3, -0.25) is 0 Å². The molecule has 1 nitrogen and oxygen atoms in total. The molecule has 0 aliphatic heterocycles. The summed E-state index contributed by atoms with van der Waals surface area (Å²) in [4.78, 5) is 0. The molecule has 0 saturated heterocycles. The van der Waals surface area contributed by atoms with Gasteiger partial charge in [-0.1, -0.05) is 72.3 Å². The average Bonchev–Trinajstić information content (AvgIpc) is 2.58. The zero-order chi connectivity index (χ0) is 15.4. The van der Waals surface area contributed by atoms with Crippen LogP contribution >= 0.6 is 11.6 Å². The lowest BCUT2D eigenvalue weighted by Crippen LogP contribution is -2.60. The van der Waals surface area contributed by atoms with Gasteiger partial charge in [0, 0.05) is 5.02 Å². The smallest absolute Gasteiger partial charge is 0.311 e. The first kappa shape index (κ1) is 14.9. The monoisotopic (exact) mass is 324 g/mol. The van der Waals surface area contributed by atoms with E-state index in [1.807, 2.05) is 36.4 Å². The van der Waals surface area contributed by atoms with E-state index in [0.29, 0.717) is 0 Å². The maximum absolute atomic E-state index is 6.51. The molecule has 0 aliphatic carbocycles. The van der Waals surface area contributed by atoms with Crippen molar-refractivity contribution in [3.63, 3.8) is 0 Å². The summed E-state index contributed by atoms with van der Waals surface area (Å²) in [6.45, 7) is 2.23. The fraction of sp³-hybridized carbons (Fsp3) is 0.0526. The molecular weight excluding hydrogens is 308 g/mol. The second-order valence-corrected chi connectivity index (χ2v) is 9.18. The van der Waals surface area contributed by atoms with Gasteiger partial charge in [-0.25, -0.2) is 0 Å². The zero-order valence-electron chi connectivity index (χ0n) is 12.4. The Morgan fingerprint density at radius 2 is 1.14 bits per heavy atom. The van der Waals surface area contributed by atoms with Gasteiger partial charge >= 0.3 is 8.32 Å². The van der Waals surface area contributed by atoms with Gasteiger partial charge in [0.15, 0.2) is 0 Å². The summed E-state index contributed by atoms with van der Waals surface area (Å²) >= 11 is 5.97. The third-order valence-electron chi connectivity index (χ3n) is 3.78. The van der Waals surface area contributed by atoms with E-state index in [0.717, 1.165) is 10.8 Å². The Hall–Kier alpha value is -2.03. The third kappa shape index (κ3) is 3.08. The number of hydrogen-bond acceptors (Lipinski definition) is 1. The normalized spacial score (nSPS) is 11.2. The molecule has 0 saturated carbocycles. The van der Waals surface area contributed by atoms with Crippen molar-refractivity contribution in [1.29, 1.82) is 0 Å². The summed E-state index contributed by atoms with van der Waals surface area (Å²) in [5, 5.41) is 3.21. The Morgan fingerprint density at radius 3 is 1.59 bits per heavy atom. The molecule has 0 radical (unpaired) electrons. The van der Waals surface area contributed by atoms with Gasteiger partial charge in [0.05, 0.1) is 0 Å². The minimum Gasteiger partial charge on any atom is -0.535 e. The summed E-state index contributed by atoms with van der Waals surface area (Å²) in [6, 6.07) is 28.5. The predicted molar refractivity (Wildman–Crippen MR) is 95.9 cm³/mol. The first-order valence-electron chi connectivity index (χ1n) is 7.24. The van der Waals surface area contributed by atoms with Crippen LogP contribution in [0.3, 0.4) is 0 Å². The molecule has 3 heteroatoms. The van der Waals surface area contributed by atoms with Crippen molar-refractivity contribution in [1.82, 2.24) is 0 Å². The molecule has 0 aliphatic rings. The van der Waals surface area contributed by atoms with Gasteiger partial charge in [-0.15, -0.1) is 0 Å². The molecule has 0 aromatic heterocycles. The van der Waals surface area contributed by atoms with Gasteiger partial charge in [0.1, 0.15) is 5.75 Å². The van der Waals surface area contributed by atoms with Gasteiger partial charge in [-0.2, -0.15) is 0 Å². The predicted octanol–water partition coefficient (Wildman–Crippen LogP) is 4.11. The first-order valence-corrected chi connectivity index (χ1v) is 10.0. The highest BCUT2D eigenvalue weighted by atomic mass is 35.5. The molecule has 0 fully saturated rings. The van der Waals surface area contributed by atoms with Crippen LogP contribution in [-0.2, 0) is 0 Å². The van der Waals surface area contributed by atoms with Crippen LogP contribution in [0.25, 0.3) is 0 Å². The summed E-state index contributed by atoms with van der Waals surface area (Å²) in [5.41, 5.74) is 0. The van der Waals surface area contributed by atoms with Crippen LogP contribution in [0.5, 0.6) is 5.75 Å². The first-order chi connectivity index (χ1) is 10.7. The molecule has 3 rings (SSSR count). The molecule has 0 N–H and O–H groups in total. The molecule has 0 atom stereocenters. The van der Waals surface area contributed by atoms with Crippen LogP contribution in [0.1, 0.15) is 0 Å². The van der Waals surface area contributed by atoms with Crippen LogP contribution in [-0.4, -0.2) is 8.32 Å². The number of hydrogen-bond donors (Lipinski definition) is 0. The van der Waals surface area contributed by atoms with Gasteiger partial charge in [0.25, 0.3) is 0 Å². The Kier molecular flexibility index (Phi) is 4.32. The average molecular weight is 325 g/mol. The summed E-state index contributed by atoms with van der Waals surface area (Å²) in [7, 11) is -2.30. The van der Waals surface area contributed by atoms with Crippen molar-refractivity contribution < 1.29 is 4.43 Å². The van der Waals surface area contributed by atoms with Crippen molar-refractivity contribution in [2.24, 2.45) is 0 Å². The van der Waals surface area contributed by atoms with Crippen LogP contribution in [0.15, 0.2) is 84.9 Å². The largest absolute Gasteiger partial charge is 0.535 e. The van der Waals surface area contributed by atoms with E-state index in [1.54, 1.807) is 0 Å². The lowest BCUT2D eigenvalue weighted by atomic mass is 10.3. The van der Waals surface area contributed by atoms with Crippen LogP contribution in [0, 0.1) is 0 Å². The molecule has 3 aromatic carbocycles. The van der Waals surface area contributed by atoms with E-state index in [1.165, 1.54) is 10.4 Å². The Bertz CT molecular complexity index is 687. The van der Waals surface area contributed by atoms with E-state index < -0.39 is 8.32 Å². The maximum Gasteiger partial charge on any atom is 0.311 e. The summed E-state index contributed by atoms with van der Waals surface area (Å²) in [6.07, 6.45) is 0. The SMILES string of the molecule is C[Si](Oc1ccc(Cl)cc1)(c1ccccc1)c1ccccc1. The number of benzene rings is 3. The number of rotatable bonds is 4. The quantitative estimate of drug-likeness (QED) is 0.656. The van der Waals surface area contributed by atoms with Crippen LogP contribution in [0.2, 0.25) is 11.6 Å². The molecule has 3 aromatic rings. The van der Waals surface area contributed by atoms with Crippen molar-refractivity contribution in [2.45, 2.75) is 6.55 Å². The van der Waals surface area contributed by atoms with Crippen molar-refractivity contribution in [3.05, 3.63) is 90.0 Å². The van der Waals surface area contributed by atoms with Crippen molar-refractivity contribution in [3.8, 4) is 5.75 Å². The van der Waals surface area contributed by atoms with Crippen molar-refractivity contribution in [2.75, 3.05) is 0 Å². The van der Waals surface area contributed by atoms with Gasteiger partial charge in [0.2, 0.25) is 0 Å². The lowest BCUT2D eigenvalue weighted by Gasteiger charge is -2.29. The second-order valence-electron chi connectivity index (χ2n) is 5.32. The van der Waals surface area contributed by atoms with E-state index in [4.69, 9.17) is 16.0 Å². The van der Waals surface area contributed by atoms with Crippen molar-refractivity contribution >= 4 is 30.3 Å². The highest BCUT2D eigenvalue weighted by Crippen LogP contribution is 2.19. The third-order valence-corrected chi connectivity index (χ3v) is 7.55. The highest BCUT2D eigenvalue weighted by molar-refractivity contribution is 6.97.